The first-order chi connectivity index (χ1) is 3.83. The second-order valence-corrected chi connectivity index (χ2v) is 2.16. The summed E-state index contributed by atoms with van der Waals surface area (Å²) in [6.07, 6.45) is 1.16. The first kappa shape index (κ1) is 5.60. The van der Waals surface area contributed by atoms with Crippen molar-refractivity contribution in [3.05, 3.63) is 0 Å². The molecule has 1 unspecified atom stereocenters. The highest BCUT2D eigenvalue weighted by molar-refractivity contribution is 5.81. The molecule has 0 bridgehead atoms. The van der Waals surface area contributed by atoms with Crippen LogP contribution in [0.2, 0.25) is 0 Å². The summed E-state index contributed by atoms with van der Waals surface area (Å²) in [4.78, 5) is 4.31. The minimum absolute atomic E-state index is 0.551. The molecule has 8 heavy (non-hydrogen) atoms. The zero-order chi connectivity index (χ0) is 5.98. The molecule has 1 N–H and O–H groups in total. The van der Waals surface area contributed by atoms with Gasteiger partial charge in [-0.2, -0.15) is 0 Å². The summed E-state index contributed by atoms with van der Waals surface area (Å²) in [6, 6.07) is 0.551. The van der Waals surface area contributed by atoms with Gasteiger partial charge in [-0.15, -0.1) is 0 Å². The monoisotopic (exact) mass is 112 g/mol. The standard InChI is InChI=1S/C6H12N2/c1-3-6-4-7-5(2)8-6/h6H,3-4H2,1-2H3,(H,7,8). The van der Waals surface area contributed by atoms with Gasteiger partial charge in [-0.1, -0.05) is 6.92 Å². The molecule has 0 aromatic carbocycles. The van der Waals surface area contributed by atoms with E-state index in [0.717, 1.165) is 18.8 Å². The van der Waals surface area contributed by atoms with E-state index < -0.39 is 0 Å². The van der Waals surface area contributed by atoms with Crippen LogP contribution in [-0.2, 0) is 0 Å². The summed E-state index contributed by atoms with van der Waals surface area (Å²) in [7, 11) is 0. The molecule has 0 spiro atoms. The third-order valence-electron chi connectivity index (χ3n) is 1.44. The van der Waals surface area contributed by atoms with E-state index in [0.29, 0.717) is 6.04 Å². The van der Waals surface area contributed by atoms with Gasteiger partial charge in [-0.3, -0.25) is 4.99 Å². The molecule has 0 saturated carbocycles. The molecule has 46 valence electrons. The predicted octanol–water partition coefficient (Wildman–Crippen LogP) is 0.787. The molecular weight excluding hydrogens is 100 g/mol. The van der Waals surface area contributed by atoms with E-state index in [2.05, 4.69) is 17.2 Å². The van der Waals surface area contributed by atoms with E-state index in [-0.39, 0.29) is 0 Å². The topological polar surface area (TPSA) is 24.4 Å². The van der Waals surface area contributed by atoms with Crippen LogP contribution in [0.15, 0.2) is 4.99 Å². The van der Waals surface area contributed by atoms with Gasteiger partial charge in [0.05, 0.1) is 11.9 Å². The molecule has 2 heteroatoms. The van der Waals surface area contributed by atoms with Gasteiger partial charge < -0.3 is 5.32 Å². The molecular formula is C6H12N2. The lowest BCUT2D eigenvalue weighted by Gasteiger charge is -1.96. The summed E-state index contributed by atoms with van der Waals surface area (Å²) < 4.78 is 0. The van der Waals surface area contributed by atoms with Crippen molar-refractivity contribution in [2.24, 2.45) is 4.99 Å². The number of nitrogens with zero attached hydrogens (tertiary/aromatic N) is 1. The molecule has 1 aliphatic rings. The second-order valence-electron chi connectivity index (χ2n) is 2.16. The van der Waals surface area contributed by atoms with Gasteiger partial charge in [0.1, 0.15) is 0 Å². The summed E-state index contributed by atoms with van der Waals surface area (Å²) in [6.45, 7) is 5.21. The van der Waals surface area contributed by atoms with E-state index in [9.17, 15) is 0 Å². The maximum Gasteiger partial charge on any atom is 0.0936 e. The SMILES string of the molecule is CCC1CNC(C)=N1. The predicted molar refractivity (Wildman–Crippen MR) is 35.2 cm³/mol. The molecule has 0 amide bonds. The van der Waals surface area contributed by atoms with Crippen LogP contribution in [0.5, 0.6) is 0 Å². The van der Waals surface area contributed by atoms with Crippen LogP contribution >= 0.6 is 0 Å². The lowest BCUT2D eigenvalue weighted by molar-refractivity contribution is 0.674. The Morgan fingerprint density at radius 3 is 2.88 bits per heavy atom. The number of amidine groups is 1. The zero-order valence-corrected chi connectivity index (χ0v) is 5.44. The average molecular weight is 112 g/mol. The van der Waals surface area contributed by atoms with Crippen molar-refractivity contribution < 1.29 is 0 Å². The highest BCUT2D eigenvalue weighted by Gasteiger charge is 2.09. The normalized spacial score (nSPS) is 27.2. The molecule has 0 aliphatic carbocycles. The van der Waals surface area contributed by atoms with Gasteiger partial charge in [0.15, 0.2) is 0 Å². The van der Waals surface area contributed by atoms with Crippen molar-refractivity contribution in [2.45, 2.75) is 26.3 Å². The first-order valence-electron chi connectivity index (χ1n) is 3.11. The maximum absolute atomic E-state index is 4.31. The fourth-order valence-corrected chi connectivity index (χ4v) is 0.866. The maximum atomic E-state index is 4.31. The zero-order valence-electron chi connectivity index (χ0n) is 5.44. The quantitative estimate of drug-likeness (QED) is 0.532. The van der Waals surface area contributed by atoms with Crippen molar-refractivity contribution in [2.75, 3.05) is 6.54 Å². The van der Waals surface area contributed by atoms with Crippen LogP contribution in [0.1, 0.15) is 20.3 Å². The molecule has 0 fully saturated rings. The molecule has 1 aliphatic heterocycles. The lowest BCUT2D eigenvalue weighted by Crippen LogP contribution is -2.18. The van der Waals surface area contributed by atoms with Gasteiger partial charge in [-0.25, -0.2) is 0 Å². The Kier molecular flexibility index (Phi) is 1.51. The van der Waals surface area contributed by atoms with Crippen molar-refractivity contribution >= 4 is 5.84 Å². The van der Waals surface area contributed by atoms with E-state index in [4.69, 9.17) is 0 Å². The summed E-state index contributed by atoms with van der Waals surface area (Å²) in [5.41, 5.74) is 0. The fourth-order valence-electron chi connectivity index (χ4n) is 0.866. The van der Waals surface area contributed by atoms with Crippen LogP contribution in [0.3, 0.4) is 0 Å². The highest BCUT2D eigenvalue weighted by atomic mass is 15.1. The fraction of sp³-hybridized carbons (Fsp3) is 0.833. The number of nitrogens with one attached hydrogen (secondary N) is 1. The smallest absolute Gasteiger partial charge is 0.0936 e. The average Bonchev–Trinajstić information content (AvgIpc) is 2.14. The summed E-state index contributed by atoms with van der Waals surface area (Å²) >= 11 is 0. The summed E-state index contributed by atoms with van der Waals surface area (Å²) in [5, 5.41) is 3.17. The number of rotatable bonds is 1. The third-order valence-corrected chi connectivity index (χ3v) is 1.44. The highest BCUT2D eigenvalue weighted by Crippen LogP contribution is 2.00. The van der Waals surface area contributed by atoms with Crippen molar-refractivity contribution in [3.8, 4) is 0 Å². The molecule has 1 rings (SSSR count). The van der Waals surface area contributed by atoms with E-state index in [1.807, 2.05) is 6.92 Å². The minimum atomic E-state index is 0.551. The Morgan fingerprint density at radius 2 is 2.62 bits per heavy atom. The van der Waals surface area contributed by atoms with E-state index in [1.165, 1.54) is 0 Å². The van der Waals surface area contributed by atoms with Gasteiger partial charge in [0.2, 0.25) is 0 Å². The van der Waals surface area contributed by atoms with Gasteiger partial charge in [0, 0.05) is 6.54 Å². The molecule has 1 atom stereocenters. The van der Waals surface area contributed by atoms with E-state index >= 15 is 0 Å². The number of hydrogen-bond acceptors (Lipinski definition) is 2. The molecule has 0 saturated heterocycles. The largest absolute Gasteiger partial charge is 0.372 e. The Hall–Kier alpha value is -0.530. The second kappa shape index (κ2) is 2.16. The molecule has 0 radical (unpaired) electrons. The van der Waals surface area contributed by atoms with Crippen molar-refractivity contribution in [1.29, 1.82) is 0 Å². The molecule has 2 nitrogen and oxygen atoms in total. The molecule has 0 aromatic heterocycles. The van der Waals surface area contributed by atoms with Crippen LogP contribution in [0, 0.1) is 0 Å². The van der Waals surface area contributed by atoms with Crippen LogP contribution < -0.4 is 5.32 Å². The number of aliphatic imine (C=N–C) groups is 1. The summed E-state index contributed by atoms with van der Waals surface area (Å²) in [5.74, 6) is 1.09. The van der Waals surface area contributed by atoms with E-state index in [1.54, 1.807) is 0 Å². The number of hydrogen-bond donors (Lipinski definition) is 1. The molecule has 0 aromatic rings. The van der Waals surface area contributed by atoms with Gasteiger partial charge >= 0.3 is 0 Å². The Bertz CT molecular complexity index is 107. The van der Waals surface area contributed by atoms with Gasteiger partial charge in [0.25, 0.3) is 0 Å². The molecule has 1 heterocycles. The lowest BCUT2D eigenvalue weighted by atomic mass is 10.2. The Balaban J connectivity index is 2.41. The van der Waals surface area contributed by atoms with Gasteiger partial charge in [-0.05, 0) is 13.3 Å². The Morgan fingerprint density at radius 1 is 1.88 bits per heavy atom. The Labute approximate surface area is 50.0 Å². The van der Waals surface area contributed by atoms with Crippen LogP contribution in [0.25, 0.3) is 0 Å². The first-order valence-corrected chi connectivity index (χ1v) is 3.11. The minimum Gasteiger partial charge on any atom is -0.372 e. The van der Waals surface area contributed by atoms with Crippen molar-refractivity contribution in [3.63, 3.8) is 0 Å². The van der Waals surface area contributed by atoms with Crippen LogP contribution in [-0.4, -0.2) is 18.4 Å². The van der Waals surface area contributed by atoms with Crippen molar-refractivity contribution in [1.82, 2.24) is 5.32 Å². The third kappa shape index (κ3) is 0.997. The van der Waals surface area contributed by atoms with Crippen LogP contribution in [0.4, 0.5) is 0 Å².